The molecule has 4 heterocycles. The number of rotatable bonds is 2. The molecular formula is C14H12ClN3O2. The second kappa shape index (κ2) is 4.61. The van der Waals surface area contributed by atoms with Gasteiger partial charge in [-0.1, -0.05) is 0 Å². The van der Waals surface area contributed by atoms with E-state index in [9.17, 15) is 0 Å². The fraction of sp³-hybridized carbons (Fsp3) is 0.286. The number of halogens is 1. The Morgan fingerprint density at radius 1 is 1.30 bits per heavy atom. The van der Waals surface area contributed by atoms with Crippen LogP contribution in [0.2, 0.25) is 5.22 Å². The molecule has 1 unspecified atom stereocenters. The van der Waals surface area contributed by atoms with Crippen molar-refractivity contribution in [3.05, 3.63) is 41.5 Å². The summed E-state index contributed by atoms with van der Waals surface area (Å²) in [5, 5.41) is 0.353. The highest BCUT2D eigenvalue weighted by atomic mass is 35.5. The molecular weight excluding hydrogens is 278 g/mol. The Bertz CT molecular complexity index is 759. The van der Waals surface area contributed by atoms with E-state index in [4.69, 9.17) is 25.7 Å². The third-order valence-electron chi connectivity index (χ3n) is 3.52. The van der Waals surface area contributed by atoms with Gasteiger partial charge in [0.25, 0.3) is 0 Å². The standard InChI is InChI=1S/C14H12ClN3O2/c15-11-3-4-12(20-11)18-13(9-5-7-19-8-9)17-10-2-1-6-16-14(10)18/h1-4,6,9H,5,7-8H2. The van der Waals surface area contributed by atoms with Crippen LogP contribution in [0.25, 0.3) is 17.0 Å². The minimum absolute atomic E-state index is 0.257. The van der Waals surface area contributed by atoms with Crippen molar-refractivity contribution in [2.45, 2.75) is 12.3 Å². The van der Waals surface area contributed by atoms with Crippen molar-refractivity contribution in [3.63, 3.8) is 0 Å². The Morgan fingerprint density at radius 2 is 2.25 bits per heavy atom. The number of imidazole rings is 1. The van der Waals surface area contributed by atoms with Crippen molar-refractivity contribution >= 4 is 22.8 Å². The summed E-state index contributed by atoms with van der Waals surface area (Å²) in [6, 6.07) is 7.38. The lowest BCUT2D eigenvalue weighted by Crippen LogP contribution is -2.07. The molecule has 0 saturated carbocycles. The predicted octanol–water partition coefficient (Wildman–Crippen LogP) is 3.17. The van der Waals surface area contributed by atoms with E-state index in [1.807, 2.05) is 22.8 Å². The molecule has 1 aliphatic rings. The molecule has 102 valence electrons. The molecule has 1 fully saturated rings. The second-order valence-corrected chi connectivity index (χ2v) is 5.16. The molecule has 1 atom stereocenters. The fourth-order valence-electron chi connectivity index (χ4n) is 2.58. The van der Waals surface area contributed by atoms with E-state index in [2.05, 4.69) is 4.98 Å². The van der Waals surface area contributed by atoms with Gasteiger partial charge in [0.15, 0.2) is 10.9 Å². The van der Waals surface area contributed by atoms with Gasteiger partial charge in [0.2, 0.25) is 5.88 Å². The zero-order chi connectivity index (χ0) is 13.5. The summed E-state index contributed by atoms with van der Waals surface area (Å²) >= 11 is 5.90. The highest BCUT2D eigenvalue weighted by Crippen LogP contribution is 2.31. The van der Waals surface area contributed by atoms with Crippen LogP contribution >= 0.6 is 11.6 Å². The van der Waals surface area contributed by atoms with Gasteiger partial charge in [0.1, 0.15) is 11.3 Å². The molecule has 5 nitrogen and oxygen atoms in total. The van der Waals surface area contributed by atoms with Crippen LogP contribution in [0, 0.1) is 0 Å². The lowest BCUT2D eigenvalue weighted by atomic mass is 10.1. The summed E-state index contributed by atoms with van der Waals surface area (Å²) in [5.41, 5.74) is 1.63. The van der Waals surface area contributed by atoms with Gasteiger partial charge < -0.3 is 9.15 Å². The Morgan fingerprint density at radius 3 is 3.00 bits per heavy atom. The molecule has 0 aliphatic carbocycles. The van der Waals surface area contributed by atoms with Gasteiger partial charge in [-0.25, -0.2) is 14.5 Å². The molecule has 3 aromatic heterocycles. The molecule has 4 rings (SSSR count). The van der Waals surface area contributed by atoms with Gasteiger partial charge >= 0.3 is 0 Å². The van der Waals surface area contributed by atoms with Gasteiger partial charge in [-0.2, -0.15) is 0 Å². The van der Waals surface area contributed by atoms with E-state index in [1.165, 1.54) is 0 Å². The average molecular weight is 290 g/mol. The lowest BCUT2D eigenvalue weighted by molar-refractivity contribution is 0.193. The third-order valence-corrected chi connectivity index (χ3v) is 3.72. The summed E-state index contributed by atoms with van der Waals surface area (Å²) in [4.78, 5) is 9.11. The summed E-state index contributed by atoms with van der Waals surface area (Å²) in [6.07, 6.45) is 2.71. The molecule has 0 aromatic carbocycles. The van der Waals surface area contributed by atoms with Crippen molar-refractivity contribution in [2.24, 2.45) is 0 Å². The van der Waals surface area contributed by atoms with E-state index >= 15 is 0 Å². The third kappa shape index (κ3) is 1.82. The van der Waals surface area contributed by atoms with Crippen LogP contribution in [-0.4, -0.2) is 27.7 Å². The number of hydrogen-bond donors (Lipinski definition) is 0. The van der Waals surface area contributed by atoms with Gasteiger partial charge in [-0.15, -0.1) is 0 Å². The van der Waals surface area contributed by atoms with E-state index in [-0.39, 0.29) is 5.92 Å². The van der Waals surface area contributed by atoms with E-state index in [0.29, 0.717) is 17.7 Å². The maximum Gasteiger partial charge on any atom is 0.208 e. The van der Waals surface area contributed by atoms with Crippen LogP contribution in [0.4, 0.5) is 0 Å². The van der Waals surface area contributed by atoms with E-state index < -0.39 is 0 Å². The number of furan rings is 1. The van der Waals surface area contributed by atoms with Gasteiger partial charge in [0, 0.05) is 24.8 Å². The van der Waals surface area contributed by atoms with Crippen LogP contribution in [0.15, 0.2) is 34.9 Å². The van der Waals surface area contributed by atoms with Gasteiger partial charge in [-0.05, 0) is 36.2 Å². The number of nitrogens with zero attached hydrogens (tertiary/aromatic N) is 3. The second-order valence-electron chi connectivity index (χ2n) is 4.79. The van der Waals surface area contributed by atoms with Crippen LogP contribution in [0.3, 0.4) is 0 Å². The first-order chi connectivity index (χ1) is 9.83. The molecule has 3 aromatic rings. The van der Waals surface area contributed by atoms with Crippen LogP contribution in [0.1, 0.15) is 18.2 Å². The monoisotopic (exact) mass is 289 g/mol. The Labute approximate surface area is 120 Å². The first-order valence-corrected chi connectivity index (χ1v) is 6.87. The average Bonchev–Trinajstić information content (AvgIpc) is 3.16. The highest BCUT2D eigenvalue weighted by molar-refractivity contribution is 6.28. The summed E-state index contributed by atoms with van der Waals surface area (Å²) in [5.74, 6) is 1.81. The summed E-state index contributed by atoms with van der Waals surface area (Å²) in [7, 11) is 0. The molecule has 1 aliphatic heterocycles. The number of aromatic nitrogens is 3. The molecule has 1 saturated heterocycles. The topological polar surface area (TPSA) is 53.1 Å². The first-order valence-electron chi connectivity index (χ1n) is 6.50. The van der Waals surface area contributed by atoms with Crippen molar-refractivity contribution in [1.82, 2.24) is 14.5 Å². The molecule has 0 bridgehead atoms. The van der Waals surface area contributed by atoms with Crippen molar-refractivity contribution in [2.75, 3.05) is 13.2 Å². The zero-order valence-corrected chi connectivity index (χ0v) is 11.4. The lowest BCUT2D eigenvalue weighted by Gasteiger charge is -2.09. The normalized spacial score (nSPS) is 18.9. The maximum absolute atomic E-state index is 5.90. The molecule has 0 radical (unpaired) electrons. The van der Waals surface area contributed by atoms with Crippen molar-refractivity contribution in [1.29, 1.82) is 0 Å². The minimum Gasteiger partial charge on any atom is -0.428 e. The van der Waals surface area contributed by atoms with Crippen molar-refractivity contribution < 1.29 is 9.15 Å². The molecule has 20 heavy (non-hydrogen) atoms. The van der Waals surface area contributed by atoms with Crippen LogP contribution in [-0.2, 0) is 4.74 Å². The van der Waals surface area contributed by atoms with E-state index in [0.717, 1.165) is 30.0 Å². The van der Waals surface area contributed by atoms with E-state index in [1.54, 1.807) is 12.3 Å². The Kier molecular flexibility index (Phi) is 2.75. The summed E-state index contributed by atoms with van der Waals surface area (Å²) in [6.45, 7) is 1.44. The van der Waals surface area contributed by atoms with Crippen molar-refractivity contribution in [3.8, 4) is 5.88 Å². The van der Waals surface area contributed by atoms with Gasteiger partial charge in [0.05, 0.1) is 6.61 Å². The quantitative estimate of drug-likeness (QED) is 0.727. The number of hydrogen-bond acceptors (Lipinski definition) is 4. The SMILES string of the molecule is Clc1ccc(-n2c(C3CCOC3)nc3cccnc32)o1. The highest BCUT2D eigenvalue weighted by Gasteiger charge is 2.26. The molecule has 0 spiro atoms. The van der Waals surface area contributed by atoms with Crippen LogP contribution in [0.5, 0.6) is 0 Å². The Hall–Kier alpha value is -1.85. The maximum atomic E-state index is 5.90. The number of pyridine rings is 1. The predicted molar refractivity (Wildman–Crippen MR) is 74.3 cm³/mol. The molecule has 0 N–H and O–H groups in total. The zero-order valence-electron chi connectivity index (χ0n) is 10.6. The number of fused-ring (bicyclic) bond motifs is 1. The molecule has 0 amide bonds. The smallest absolute Gasteiger partial charge is 0.208 e. The largest absolute Gasteiger partial charge is 0.428 e. The molecule has 6 heteroatoms. The summed E-state index contributed by atoms with van der Waals surface area (Å²) < 4.78 is 12.9. The van der Waals surface area contributed by atoms with Crippen LogP contribution < -0.4 is 0 Å². The minimum atomic E-state index is 0.257. The Balaban J connectivity index is 1.97. The fourth-order valence-corrected chi connectivity index (χ4v) is 2.73. The first kappa shape index (κ1) is 11.9. The number of ether oxygens (including phenoxy) is 1. The van der Waals surface area contributed by atoms with Gasteiger partial charge in [-0.3, -0.25) is 0 Å².